The summed E-state index contributed by atoms with van der Waals surface area (Å²) in [5.74, 6) is 0.00463. The van der Waals surface area contributed by atoms with Crippen LogP contribution in [0.1, 0.15) is 13.8 Å². The molecule has 2 nitrogen and oxygen atoms in total. The monoisotopic (exact) mass is 150 g/mol. The summed E-state index contributed by atoms with van der Waals surface area (Å²) in [5.41, 5.74) is 4.89. The largest absolute Gasteiger partial charge is 0.329 e. The zero-order valence-electron chi connectivity index (χ0n) is 6.98. The van der Waals surface area contributed by atoms with E-state index in [1.165, 1.54) is 6.08 Å². The van der Waals surface area contributed by atoms with Crippen LogP contribution in [-0.4, -0.2) is 41.9 Å². The van der Waals surface area contributed by atoms with E-state index in [2.05, 4.69) is 6.58 Å². The minimum atomic E-state index is -0.429. The zero-order valence-corrected chi connectivity index (χ0v) is 8.98. The van der Waals surface area contributed by atoms with Crippen molar-refractivity contribution in [2.45, 2.75) is 13.8 Å². The fourth-order valence-corrected chi connectivity index (χ4v) is 0.377. The summed E-state index contributed by atoms with van der Waals surface area (Å²) in [6.07, 6.45) is 1.31. The molecule has 0 aromatic heterocycles. The second-order valence-electron chi connectivity index (χ2n) is 2.66. The van der Waals surface area contributed by atoms with Crippen LogP contribution in [0.2, 0.25) is 0 Å². The van der Waals surface area contributed by atoms with Gasteiger partial charge in [-0.25, -0.2) is 0 Å². The van der Waals surface area contributed by atoms with E-state index in [4.69, 9.17) is 5.73 Å². The first kappa shape index (κ1) is 13.0. The molecule has 0 saturated heterocycles. The molecule has 0 rings (SSSR count). The first-order valence-corrected chi connectivity index (χ1v) is 2.91. The van der Waals surface area contributed by atoms with E-state index in [0.717, 1.165) is 0 Å². The number of rotatable bonds is 3. The van der Waals surface area contributed by atoms with E-state index in [-0.39, 0.29) is 35.3 Å². The molecule has 0 fully saturated rings. The van der Waals surface area contributed by atoms with Crippen LogP contribution in [0, 0.1) is 5.41 Å². The molecule has 0 atom stereocenters. The maximum atomic E-state index is 10.9. The van der Waals surface area contributed by atoms with Gasteiger partial charge in [0, 0.05) is 41.5 Å². The third-order valence-electron chi connectivity index (χ3n) is 1.36. The average molecular weight is 150 g/mol. The third kappa shape index (κ3) is 3.52. The number of ketones is 1. The number of carbonyl (C=O) groups is 1. The van der Waals surface area contributed by atoms with Crippen LogP contribution in [0.5, 0.6) is 0 Å². The van der Waals surface area contributed by atoms with Gasteiger partial charge in [-0.3, -0.25) is 4.79 Å². The van der Waals surface area contributed by atoms with E-state index in [9.17, 15) is 4.79 Å². The van der Waals surface area contributed by atoms with E-state index >= 15 is 0 Å². The second-order valence-corrected chi connectivity index (χ2v) is 2.66. The molecule has 0 heterocycles. The van der Waals surface area contributed by atoms with Crippen LogP contribution in [-0.2, 0) is 4.79 Å². The third-order valence-corrected chi connectivity index (χ3v) is 1.36. The van der Waals surface area contributed by atoms with E-state index in [0.29, 0.717) is 6.54 Å². The van der Waals surface area contributed by atoms with Crippen LogP contribution >= 0.6 is 0 Å². The molecule has 1 radical (unpaired) electrons. The Labute approximate surface area is 84.2 Å². The van der Waals surface area contributed by atoms with Gasteiger partial charge in [0.2, 0.25) is 0 Å². The molecule has 10 heavy (non-hydrogen) atoms. The quantitative estimate of drug-likeness (QED) is 0.466. The van der Waals surface area contributed by atoms with Crippen molar-refractivity contribution in [1.29, 1.82) is 0 Å². The van der Waals surface area contributed by atoms with Crippen LogP contribution in [0.25, 0.3) is 0 Å². The Morgan fingerprint density at radius 2 is 2.10 bits per heavy atom. The van der Waals surface area contributed by atoms with Crippen molar-refractivity contribution in [3.8, 4) is 0 Å². The molecular weight excluding hydrogens is 137 g/mol. The van der Waals surface area contributed by atoms with Crippen molar-refractivity contribution in [3.63, 3.8) is 0 Å². The fourth-order valence-electron chi connectivity index (χ4n) is 0.377. The molecule has 53 valence electrons. The standard InChI is InChI=1S/C7H13NO.Na/c1-4-6(9)7(2,3)5-8;/h4H,1,5,8H2,2-3H3;. The van der Waals surface area contributed by atoms with Crippen LogP contribution in [0.4, 0.5) is 0 Å². The van der Waals surface area contributed by atoms with E-state index in [1.54, 1.807) is 13.8 Å². The smallest absolute Gasteiger partial charge is 0.161 e. The molecular formula is C7H13NNaO. The maximum absolute atomic E-state index is 10.9. The molecule has 0 saturated carbocycles. The molecule has 0 unspecified atom stereocenters. The van der Waals surface area contributed by atoms with Crippen molar-refractivity contribution in [2.24, 2.45) is 11.1 Å². The van der Waals surface area contributed by atoms with Crippen molar-refractivity contribution in [2.75, 3.05) is 6.54 Å². The van der Waals surface area contributed by atoms with Gasteiger partial charge in [0.1, 0.15) is 0 Å². The topological polar surface area (TPSA) is 43.1 Å². The first-order valence-electron chi connectivity index (χ1n) is 2.91. The molecule has 0 bridgehead atoms. The van der Waals surface area contributed by atoms with Crippen molar-refractivity contribution >= 4 is 35.3 Å². The predicted molar refractivity (Wildman–Crippen MR) is 43.8 cm³/mol. The van der Waals surface area contributed by atoms with Gasteiger partial charge in [-0.15, -0.1) is 0 Å². The van der Waals surface area contributed by atoms with Gasteiger partial charge in [-0.1, -0.05) is 20.4 Å². The predicted octanol–water partition coefficient (Wildman–Crippen LogP) is 0.346. The molecule has 0 amide bonds. The van der Waals surface area contributed by atoms with Gasteiger partial charge in [-0.2, -0.15) is 0 Å². The number of hydrogen-bond donors (Lipinski definition) is 1. The normalized spacial score (nSPS) is 9.90. The molecule has 0 aliphatic heterocycles. The Hall–Kier alpha value is 0.370. The molecule has 0 spiro atoms. The summed E-state index contributed by atoms with van der Waals surface area (Å²) in [6, 6.07) is 0. The van der Waals surface area contributed by atoms with E-state index in [1.807, 2.05) is 0 Å². The van der Waals surface area contributed by atoms with Crippen molar-refractivity contribution < 1.29 is 4.79 Å². The fraction of sp³-hybridized carbons (Fsp3) is 0.571. The molecule has 0 aliphatic rings. The van der Waals surface area contributed by atoms with Gasteiger partial charge < -0.3 is 5.73 Å². The average Bonchev–Trinajstić information content (AvgIpc) is 1.86. The van der Waals surface area contributed by atoms with Crippen LogP contribution < -0.4 is 5.73 Å². The Morgan fingerprint density at radius 1 is 1.70 bits per heavy atom. The Morgan fingerprint density at radius 3 is 2.20 bits per heavy atom. The molecule has 2 N–H and O–H groups in total. The Bertz CT molecular complexity index is 132. The van der Waals surface area contributed by atoms with Gasteiger partial charge in [0.25, 0.3) is 0 Å². The second kappa shape index (κ2) is 5.08. The first-order chi connectivity index (χ1) is 4.04. The van der Waals surface area contributed by atoms with Crippen LogP contribution in [0.15, 0.2) is 12.7 Å². The number of carbonyl (C=O) groups excluding carboxylic acids is 1. The van der Waals surface area contributed by atoms with Gasteiger partial charge in [0.15, 0.2) is 5.78 Å². The Kier molecular flexibility index (Phi) is 6.60. The summed E-state index contributed by atoms with van der Waals surface area (Å²) >= 11 is 0. The maximum Gasteiger partial charge on any atom is 0.161 e. The number of allylic oxidation sites excluding steroid dienone is 1. The Balaban J connectivity index is 0. The summed E-state index contributed by atoms with van der Waals surface area (Å²) in [6.45, 7) is 7.35. The summed E-state index contributed by atoms with van der Waals surface area (Å²) in [7, 11) is 0. The van der Waals surface area contributed by atoms with Gasteiger partial charge in [-0.05, 0) is 6.08 Å². The van der Waals surface area contributed by atoms with Gasteiger partial charge >= 0.3 is 0 Å². The number of hydrogen-bond acceptors (Lipinski definition) is 2. The zero-order chi connectivity index (χ0) is 7.49. The van der Waals surface area contributed by atoms with Crippen LogP contribution in [0.3, 0.4) is 0 Å². The van der Waals surface area contributed by atoms with Gasteiger partial charge in [0.05, 0.1) is 0 Å². The van der Waals surface area contributed by atoms with Crippen molar-refractivity contribution in [1.82, 2.24) is 0 Å². The SMILES string of the molecule is C=CC(=O)C(C)(C)CN.[Na]. The molecule has 0 aromatic carbocycles. The van der Waals surface area contributed by atoms with Crippen molar-refractivity contribution in [3.05, 3.63) is 12.7 Å². The molecule has 0 aliphatic carbocycles. The minimum Gasteiger partial charge on any atom is -0.329 e. The molecule has 0 aromatic rings. The van der Waals surface area contributed by atoms with E-state index < -0.39 is 5.41 Å². The minimum absolute atomic E-state index is 0. The summed E-state index contributed by atoms with van der Waals surface area (Å²) in [5, 5.41) is 0. The summed E-state index contributed by atoms with van der Waals surface area (Å²) < 4.78 is 0. The summed E-state index contributed by atoms with van der Waals surface area (Å²) in [4.78, 5) is 10.9. The molecule has 3 heteroatoms. The number of nitrogens with two attached hydrogens (primary N) is 1.